The van der Waals surface area contributed by atoms with Crippen LogP contribution in [0, 0.1) is 0 Å². The Bertz CT molecular complexity index is 394. The highest BCUT2D eigenvalue weighted by Gasteiger charge is 2.02. The Morgan fingerprint density at radius 1 is 1.38 bits per heavy atom. The number of hydrazine groups is 1. The second kappa shape index (κ2) is 6.12. The Morgan fingerprint density at radius 3 is 2.62 bits per heavy atom. The summed E-state index contributed by atoms with van der Waals surface area (Å²) in [5, 5.41) is 0. The summed E-state index contributed by atoms with van der Waals surface area (Å²) in [4.78, 5) is 22.4. The first-order chi connectivity index (χ1) is 7.69. The molecule has 0 aliphatic rings. The molecule has 0 saturated heterocycles. The molecule has 0 bridgehead atoms. The maximum absolute atomic E-state index is 11.6. The number of aryl methyl sites for hydroxylation is 2. The maximum Gasteiger partial charge on any atom is 0.328 e. The summed E-state index contributed by atoms with van der Waals surface area (Å²) in [5.74, 6) is 4.78. The van der Waals surface area contributed by atoms with E-state index in [4.69, 9.17) is 5.84 Å². The van der Waals surface area contributed by atoms with E-state index in [2.05, 4.69) is 5.43 Å². The first-order valence-corrected chi connectivity index (χ1v) is 5.44. The van der Waals surface area contributed by atoms with Crippen LogP contribution in [0.2, 0.25) is 0 Å². The van der Waals surface area contributed by atoms with Crippen LogP contribution in [0.25, 0.3) is 0 Å². The van der Waals surface area contributed by atoms with Crippen molar-refractivity contribution in [1.82, 2.24) is 14.6 Å². The Morgan fingerprint density at radius 2 is 2.06 bits per heavy atom. The van der Waals surface area contributed by atoms with Gasteiger partial charge in [0.2, 0.25) is 5.91 Å². The summed E-state index contributed by atoms with van der Waals surface area (Å²) in [6.45, 7) is 3.25. The van der Waals surface area contributed by atoms with Gasteiger partial charge in [-0.3, -0.25) is 19.4 Å². The second-order valence-electron chi connectivity index (χ2n) is 3.58. The molecule has 1 rings (SSSR count). The van der Waals surface area contributed by atoms with Crippen LogP contribution < -0.4 is 17.0 Å². The molecule has 0 aliphatic heterocycles. The van der Waals surface area contributed by atoms with Gasteiger partial charge in [-0.05, 0) is 19.8 Å². The third-order valence-electron chi connectivity index (χ3n) is 2.47. The van der Waals surface area contributed by atoms with Crippen molar-refractivity contribution in [1.29, 1.82) is 0 Å². The molecule has 16 heavy (non-hydrogen) atoms. The standard InChI is InChI=1S/C10H18N4O2/c1-2-13-7-8-14(10(13)16)6-4-3-5-9(15)12-11/h7-8H,2-6,11H2,1H3,(H,12,15). The Kier molecular flexibility index (Phi) is 4.78. The van der Waals surface area contributed by atoms with Gasteiger partial charge < -0.3 is 0 Å². The fraction of sp³-hybridized carbons (Fsp3) is 0.600. The minimum absolute atomic E-state index is 0.00535. The highest BCUT2D eigenvalue weighted by Crippen LogP contribution is 1.97. The van der Waals surface area contributed by atoms with Crippen molar-refractivity contribution in [3.05, 3.63) is 22.9 Å². The zero-order valence-corrected chi connectivity index (χ0v) is 9.48. The van der Waals surface area contributed by atoms with Gasteiger partial charge in [-0.1, -0.05) is 0 Å². The van der Waals surface area contributed by atoms with Crippen LogP contribution in [-0.4, -0.2) is 15.0 Å². The van der Waals surface area contributed by atoms with E-state index in [9.17, 15) is 9.59 Å². The van der Waals surface area contributed by atoms with E-state index in [1.165, 1.54) is 0 Å². The number of nitrogens with one attached hydrogen (secondary N) is 1. The number of unbranched alkanes of at least 4 members (excludes halogenated alkanes) is 1. The highest BCUT2D eigenvalue weighted by atomic mass is 16.2. The van der Waals surface area contributed by atoms with E-state index < -0.39 is 0 Å². The predicted molar refractivity (Wildman–Crippen MR) is 60.5 cm³/mol. The predicted octanol–water partition coefficient (Wildman–Crippen LogP) is -0.170. The van der Waals surface area contributed by atoms with Gasteiger partial charge in [-0.2, -0.15) is 0 Å². The van der Waals surface area contributed by atoms with Crippen LogP contribution in [-0.2, 0) is 17.9 Å². The zero-order chi connectivity index (χ0) is 12.0. The van der Waals surface area contributed by atoms with Gasteiger partial charge >= 0.3 is 5.69 Å². The molecule has 1 aromatic rings. The van der Waals surface area contributed by atoms with Crippen LogP contribution in [0.1, 0.15) is 26.2 Å². The molecule has 0 aliphatic carbocycles. The quantitative estimate of drug-likeness (QED) is 0.306. The summed E-state index contributed by atoms with van der Waals surface area (Å²) in [6.07, 6.45) is 5.47. The normalized spacial score (nSPS) is 10.4. The van der Waals surface area contributed by atoms with Gasteiger partial charge in [-0.25, -0.2) is 10.6 Å². The van der Waals surface area contributed by atoms with Crippen LogP contribution >= 0.6 is 0 Å². The first-order valence-electron chi connectivity index (χ1n) is 5.44. The molecular weight excluding hydrogens is 208 g/mol. The minimum atomic E-state index is -0.168. The van der Waals surface area contributed by atoms with Crippen molar-refractivity contribution < 1.29 is 4.79 Å². The van der Waals surface area contributed by atoms with Gasteiger partial charge in [-0.15, -0.1) is 0 Å². The number of imidazole rings is 1. The molecule has 1 aromatic heterocycles. The molecule has 1 heterocycles. The molecule has 0 unspecified atom stereocenters. The number of amides is 1. The second-order valence-corrected chi connectivity index (χ2v) is 3.58. The molecule has 90 valence electrons. The zero-order valence-electron chi connectivity index (χ0n) is 9.48. The van der Waals surface area contributed by atoms with Crippen molar-refractivity contribution >= 4 is 5.91 Å². The number of hydrogen-bond acceptors (Lipinski definition) is 3. The summed E-state index contributed by atoms with van der Waals surface area (Å²) in [6, 6.07) is 0. The van der Waals surface area contributed by atoms with Crippen LogP contribution in [0.5, 0.6) is 0 Å². The van der Waals surface area contributed by atoms with E-state index in [1.54, 1.807) is 21.5 Å². The van der Waals surface area contributed by atoms with Crippen molar-refractivity contribution in [2.24, 2.45) is 5.84 Å². The minimum Gasteiger partial charge on any atom is -0.300 e. The van der Waals surface area contributed by atoms with Gasteiger partial charge in [0.15, 0.2) is 0 Å². The molecule has 0 aromatic carbocycles. The van der Waals surface area contributed by atoms with Crippen molar-refractivity contribution in [2.45, 2.75) is 39.3 Å². The first kappa shape index (κ1) is 12.5. The third kappa shape index (κ3) is 3.23. The molecule has 6 nitrogen and oxygen atoms in total. The highest BCUT2D eigenvalue weighted by molar-refractivity contribution is 5.74. The van der Waals surface area contributed by atoms with Gasteiger partial charge in [0.1, 0.15) is 0 Å². The molecule has 0 atom stereocenters. The molecular formula is C10H18N4O2. The number of nitrogens with two attached hydrogens (primary N) is 1. The molecule has 3 N–H and O–H groups in total. The number of carbonyl (C=O) groups is 1. The molecule has 6 heteroatoms. The lowest BCUT2D eigenvalue weighted by Crippen LogP contribution is -2.29. The lowest BCUT2D eigenvalue weighted by Gasteiger charge is -2.01. The molecule has 0 fully saturated rings. The SMILES string of the molecule is CCn1ccn(CCCCC(=O)NN)c1=O. The van der Waals surface area contributed by atoms with Crippen molar-refractivity contribution in [2.75, 3.05) is 0 Å². The number of rotatable bonds is 6. The van der Waals surface area contributed by atoms with Gasteiger partial charge in [0.05, 0.1) is 0 Å². The molecule has 0 spiro atoms. The van der Waals surface area contributed by atoms with E-state index >= 15 is 0 Å². The fourth-order valence-corrected chi connectivity index (χ4v) is 1.50. The Hall–Kier alpha value is -1.56. The van der Waals surface area contributed by atoms with Crippen molar-refractivity contribution in [3.8, 4) is 0 Å². The number of aromatic nitrogens is 2. The lowest BCUT2D eigenvalue weighted by atomic mass is 10.2. The topological polar surface area (TPSA) is 82.1 Å². The van der Waals surface area contributed by atoms with E-state index in [-0.39, 0.29) is 11.6 Å². The maximum atomic E-state index is 11.6. The molecule has 1 amide bonds. The number of hydrogen-bond donors (Lipinski definition) is 2. The Balaban J connectivity index is 2.35. The summed E-state index contributed by atoms with van der Waals surface area (Å²) in [7, 11) is 0. The monoisotopic (exact) mass is 226 g/mol. The van der Waals surface area contributed by atoms with Crippen LogP contribution in [0.15, 0.2) is 17.2 Å². The van der Waals surface area contributed by atoms with Gasteiger partial charge in [0, 0.05) is 31.9 Å². The molecule has 0 saturated carbocycles. The van der Waals surface area contributed by atoms with E-state index in [0.29, 0.717) is 19.5 Å². The Labute approximate surface area is 94.0 Å². The average Bonchev–Trinajstić information content (AvgIpc) is 2.65. The summed E-state index contributed by atoms with van der Waals surface area (Å²) >= 11 is 0. The van der Waals surface area contributed by atoms with Crippen molar-refractivity contribution in [3.63, 3.8) is 0 Å². The van der Waals surface area contributed by atoms with E-state index in [1.807, 2.05) is 6.92 Å². The van der Waals surface area contributed by atoms with E-state index in [0.717, 1.165) is 12.8 Å². The van der Waals surface area contributed by atoms with Gasteiger partial charge in [0.25, 0.3) is 0 Å². The number of nitrogens with zero attached hydrogens (tertiary/aromatic N) is 2. The third-order valence-corrected chi connectivity index (χ3v) is 2.47. The number of carbonyl (C=O) groups excluding carboxylic acids is 1. The summed E-state index contributed by atoms with van der Waals surface area (Å²) < 4.78 is 3.30. The average molecular weight is 226 g/mol. The largest absolute Gasteiger partial charge is 0.328 e. The summed E-state index contributed by atoms with van der Waals surface area (Å²) in [5.41, 5.74) is 2.08. The lowest BCUT2D eigenvalue weighted by molar-refractivity contribution is -0.121. The van der Waals surface area contributed by atoms with Crippen LogP contribution in [0.4, 0.5) is 0 Å². The van der Waals surface area contributed by atoms with Crippen LogP contribution in [0.3, 0.4) is 0 Å². The smallest absolute Gasteiger partial charge is 0.300 e. The molecule has 0 radical (unpaired) electrons. The fourth-order valence-electron chi connectivity index (χ4n) is 1.50.